The number of methoxy groups -OCH3 is 1. The van der Waals surface area contributed by atoms with Crippen molar-refractivity contribution < 1.29 is 26.9 Å². The van der Waals surface area contributed by atoms with E-state index in [9.17, 15) is 13.2 Å². The molecule has 142 valence electrons. The van der Waals surface area contributed by atoms with Gasteiger partial charge >= 0.3 is 5.97 Å². The van der Waals surface area contributed by atoms with Crippen LogP contribution in [0.25, 0.3) is 0 Å². The van der Waals surface area contributed by atoms with Gasteiger partial charge in [-0.3, -0.25) is 4.90 Å². The number of nitrogens with zero attached hydrogens (tertiary/aromatic N) is 3. The zero-order valence-electron chi connectivity index (χ0n) is 14.9. The molecule has 1 aliphatic rings. The Morgan fingerprint density at radius 1 is 1.27 bits per heavy atom. The van der Waals surface area contributed by atoms with E-state index in [-0.39, 0.29) is 4.90 Å². The van der Waals surface area contributed by atoms with Crippen LogP contribution in [-0.2, 0) is 21.3 Å². The molecule has 1 aliphatic heterocycles. The normalized spacial score (nSPS) is 16.7. The Balaban J connectivity index is 1.67. The molecule has 0 radical (unpaired) electrons. The quantitative estimate of drug-likeness (QED) is 0.709. The number of sulfonamides is 1. The number of hydrogen-bond donors (Lipinski definition) is 0. The molecule has 2 aromatic rings. The van der Waals surface area contributed by atoms with Crippen LogP contribution in [0.2, 0.25) is 0 Å². The summed E-state index contributed by atoms with van der Waals surface area (Å²) in [7, 11) is -2.32. The van der Waals surface area contributed by atoms with E-state index in [1.807, 2.05) is 4.90 Å². The minimum absolute atomic E-state index is 0.143. The van der Waals surface area contributed by atoms with Gasteiger partial charge in [-0.05, 0) is 19.9 Å². The monoisotopic (exact) mass is 383 g/mol. The first kappa shape index (κ1) is 18.6. The average Bonchev–Trinajstić information content (AvgIpc) is 3.21. The highest BCUT2D eigenvalue weighted by atomic mass is 32.2. The predicted molar refractivity (Wildman–Crippen MR) is 90.1 cm³/mol. The van der Waals surface area contributed by atoms with Crippen LogP contribution in [0.5, 0.6) is 0 Å². The molecule has 3 heterocycles. The molecule has 0 N–H and O–H groups in total. The lowest BCUT2D eigenvalue weighted by Crippen LogP contribution is -2.48. The fourth-order valence-electron chi connectivity index (χ4n) is 3.06. The molecule has 0 saturated carbocycles. The van der Waals surface area contributed by atoms with E-state index in [0.29, 0.717) is 55.5 Å². The highest BCUT2D eigenvalue weighted by molar-refractivity contribution is 7.89. The molecule has 26 heavy (non-hydrogen) atoms. The SMILES string of the molecule is COC(=O)c1ccoc1CN1CCN(S(=O)(=O)c2c(C)noc2C)CC1. The van der Waals surface area contributed by atoms with Crippen LogP contribution in [0.3, 0.4) is 0 Å². The van der Waals surface area contributed by atoms with Gasteiger partial charge in [-0.1, -0.05) is 5.16 Å². The maximum absolute atomic E-state index is 12.8. The van der Waals surface area contributed by atoms with Crippen molar-refractivity contribution in [1.29, 1.82) is 0 Å². The fraction of sp³-hybridized carbons (Fsp3) is 0.500. The first-order valence-corrected chi connectivity index (χ1v) is 9.58. The summed E-state index contributed by atoms with van der Waals surface area (Å²) in [5, 5.41) is 3.73. The van der Waals surface area contributed by atoms with Gasteiger partial charge in [0.05, 0.1) is 19.9 Å². The summed E-state index contributed by atoms with van der Waals surface area (Å²) in [4.78, 5) is 13.9. The lowest BCUT2D eigenvalue weighted by atomic mass is 10.2. The molecule has 9 nitrogen and oxygen atoms in total. The van der Waals surface area contributed by atoms with Crippen molar-refractivity contribution in [2.45, 2.75) is 25.3 Å². The van der Waals surface area contributed by atoms with E-state index in [1.54, 1.807) is 19.9 Å². The van der Waals surface area contributed by atoms with Crippen molar-refractivity contribution in [3.63, 3.8) is 0 Å². The Kier molecular flexibility index (Phi) is 5.17. The van der Waals surface area contributed by atoms with E-state index in [4.69, 9.17) is 13.7 Å². The van der Waals surface area contributed by atoms with Gasteiger partial charge < -0.3 is 13.7 Å². The zero-order chi connectivity index (χ0) is 18.9. The molecule has 0 atom stereocenters. The topological polar surface area (TPSA) is 106 Å². The smallest absolute Gasteiger partial charge is 0.341 e. The van der Waals surface area contributed by atoms with E-state index < -0.39 is 16.0 Å². The van der Waals surface area contributed by atoms with Gasteiger partial charge in [-0.2, -0.15) is 4.31 Å². The van der Waals surface area contributed by atoms with Crippen molar-refractivity contribution >= 4 is 16.0 Å². The summed E-state index contributed by atoms with van der Waals surface area (Å²) in [5.41, 5.74) is 0.751. The molecule has 3 rings (SSSR count). The molecule has 0 amide bonds. The lowest BCUT2D eigenvalue weighted by Gasteiger charge is -2.33. The molecule has 0 spiro atoms. The van der Waals surface area contributed by atoms with Gasteiger partial charge in [0.25, 0.3) is 0 Å². The predicted octanol–water partition coefficient (Wildman–Crippen LogP) is 1.18. The summed E-state index contributed by atoms with van der Waals surface area (Å²) >= 11 is 0. The Morgan fingerprint density at radius 2 is 1.96 bits per heavy atom. The van der Waals surface area contributed by atoms with Gasteiger partial charge in [-0.15, -0.1) is 0 Å². The van der Waals surface area contributed by atoms with Crippen LogP contribution in [0, 0.1) is 13.8 Å². The Labute approximate surface area is 151 Å². The largest absolute Gasteiger partial charge is 0.467 e. The molecule has 1 saturated heterocycles. The first-order valence-electron chi connectivity index (χ1n) is 8.14. The third-order valence-corrected chi connectivity index (χ3v) is 6.56. The van der Waals surface area contributed by atoms with Gasteiger partial charge in [-0.25, -0.2) is 13.2 Å². The van der Waals surface area contributed by atoms with Gasteiger partial charge in [0.2, 0.25) is 10.0 Å². The molecule has 0 aromatic carbocycles. The van der Waals surface area contributed by atoms with Crippen molar-refractivity contribution in [2.75, 3.05) is 33.3 Å². The molecule has 0 unspecified atom stereocenters. The standard InChI is InChI=1S/C16H21N3O6S/c1-11-15(12(2)25-17-11)26(21,22)19-7-5-18(6-8-19)10-14-13(4-9-24-14)16(20)23-3/h4,9H,5-8,10H2,1-3H3. The number of hydrogen-bond acceptors (Lipinski definition) is 8. The lowest BCUT2D eigenvalue weighted by molar-refractivity contribution is 0.0595. The van der Waals surface area contributed by atoms with E-state index in [0.717, 1.165) is 0 Å². The summed E-state index contributed by atoms with van der Waals surface area (Å²) in [6, 6.07) is 1.57. The van der Waals surface area contributed by atoms with Gasteiger partial charge in [0, 0.05) is 26.2 Å². The van der Waals surface area contributed by atoms with E-state index >= 15 is 0 Å². The van der Waals surface area contributed by atoms with Crippen LogP contribution in [0.1, 0.15) is 27.6 Å². The van der Waals surface area contributed by atoms with Crippen molar-refractivity contribution in [1.82, 2.24) is 14.4 Å². The molecule has 2 aromatic heterocycles. The third kappa shape index (κ3) is 3.39. The molecular weight excluding hydrogens is 362 g/mol. The number of carbonyl (C=O) groups is 1. The van der Waals surface area contributed by atoms with Crippen LogP contribution in [-0.4, -0.2) is 62.0 Å². The van der Waals surface area contributed by atoms with Crippen LogP contribution >= 0.6 is 0 Å². The van der Waals surface area contributed by atoms with Crippen LogP contribution in [0.15, 0.2) is 26.2 Å². The first-order chi connectivity index (χ1) is 12.3. The summed E-state index contributed by atoms with van der Waals surface area (Å²) in [6.45, 7) is 5.32. The minimum Gasteiger partial charge on any atom is -0.467 e. The Morgan fingerprint density at radius 3 is 2.54 bits per heavy atom. The number of aromatic nitrogens is 1. The number of furan rings is 1. The second-order valence-corrected chi connectivity index (χ2v) is 7.96. The van der Waals surface area contributed by atoms with Crippen LogP contribution < -0.4 is 0 Å². The number of piperazine rings is 1. The van der Waals surface area contributed by atoms with Crippen molar-refractivity contribution in [2.24, 2.45) is 0 Å². The highest BCUT2D eigenvalue weighted by Gasteiger charge is 2.33. The summed E-state index contributed by atoms with van der Waals surface area (Å²) < 4.78 is 42.2. The zero-order valence-corrected chi connectivity index (χ0v) is 15.7. The van der Waals surface area contributed by atoms with Crippen molar-refractivity contribution in [3.05, 3.63) is 35.1 Å². The number of ether oxygens (including phenoxy) is 1. The number of carbonyl (C=O) groups excluding carboxylic acids is 1. The Hall–Kier alpha value is -2.17. The van der Waals surface area contributed by atoms with Crippen LogP contribution in [0.4, 0.5) is 0 Å². The molecule has 0 aliphatic carbocycles. The maximum atomic E-state index is 12.8. The fourth-order valence-corrected chi connectivity index (χ4v) is 4.77. The summed E-state index contributed by atoms with van der Waals surface area (Å²) in [6.07, 6.45) is 1.44. The van der Waals surface area contributed by atoms with E-state index in [1.165, 1.54) is 17.7 Å². The maximum Gasteiger partial charge on any atom is 0.341 e. The molecule has 1 fully saturated rings. The Bertz CT molecular complexity index is 873. The van der Waals surface area contributed by atoms with E-state index in [2.05, 4.69) is 5.16 Å². The van der Waals surface area contributed by atoms with Gasteiger partial charge in [0.1, 0.15) is 21.9 Å². The number of esters is 1. The second kappa shape index (κ2) is 7.22. The third-order valence-electron chi connectivity index (χ3n) is 4.41. The highest BCUT2D eigenvalue weighted by Crippen LogP contribution is 2.24. The average molecular weight is 383 g/mol. The molecule has 0 bridgehead atoms. The molecular formula is C16H21N3O6S. The second-order valence-electron chi connectivity index (χ2n) is 6.08. The van der Waals surface area contributed by atoms with Gasteiger partial charge in [0.15, 0.2) is 5.76 Å². The van der Waals surface area contributed by atoms with Crippen molar-refractivity contribution in [3.8, 4) is 0 Å². The molecule has 10 heteroatoms. The minimum atomic E-state index is -3.64. The number of rotatable bonds is 5. The number of aryl methyl sites for hydroxylation is 2. The summed E-state index contributed by atoms with van der Waals surface area (Å²) in [5.74, 6) is 0.357.